The Morgan fingerprint density at radius 1 is 1.24 bits per heavy atom. The molecule has 0 atom stereocenters. The van der Waals surface area contributed by atoms with Crippen molar-refractivity contribution in [2.45, 2.75) is 13.2 Å². The Kier molecular flexibility index (Phi) is 3.79. The zero-order valence-electron chi connectivity index (χ0n) is 11.1. The molecule has 0 aliphatic carbocycles. The molecule has 3 rings (SSSR count). The van der Waals surface area contributed by atoms with E-state index < -0.39 is 0 Å². The maximum Gasteiger partial charge on any atom is 0.272 e. The molecule has 1 N–H and O–H groups in total. The van der Waals surface area contributed by atoms with E-state index in [2.05, 4.69) is 21.2 Å². The molecule has 2 heterocycles. The van der Waals surface area contributed by atoms with Crippen molar-refractivity contribution in [1.82, 2.24) is 9.88 Å². The second-order valence-corrected chi connectivity index (χ2v) is 5.56. The number of ether oxygens (including phenoxy) is 1. The number of fused-ring (bicyclic) bond motifs is 1. The van der Waals surface area contributed by atoms with E-state index in [1.807, 2.05) is 30.3 Å². The van der Waals surface area contributed by atoms with Crippen molar-refractivity contribution in [1.29, 1.82) is 0 Å². The Bertz CT molecular complexity index is 741. The zero-order valence-corrected chi connectivity index (χ0v) is 12.7. The molecule has 0 spiro atoms. The van der Waals surface area contributed by atoms with Gasteiger partial charge in [0.25, 0.3) is 5.91 Å². The van der Waals surface area contributed by atoms with Crippen LogP contribution in [-0.4, -0.2) is 17.0 Å². The number of amides is 1. The Balaban J connectivity index is 1.99. The SMILES string of the molecule is O=C1NCCn2cc(Br)c(=O)c(OCc3ccccc3)c21. The van der Waals surface area contributed by atoms with Gasteiger partial charge in [-0.2, -0.15) is 0 Å². The molecule has 0 saturated heterocycles. The lowest BCUT2D eigenvalue weighted by Gasteiger charge is -2.22. The van der Waals surface area contributed by atoms with Gasteiger partial charge in [0.2, 0.25) is 5.43 Å². The van der Waals surface area contributed by atoms with E-state index in [-0.39, 0.29) is 29.4 Å². The highest BCUT2D eigenvalue weighted by molar-refractivity contribution is 9.10. The standard InChI is InChI=1S/C15H13BrN2O3/c16-11-8-18-7-6-17-15(20)12(18)14(13(11)19)21-9-10-4-2-1-3-5-10/h1-5,8H,6-7,9H2,(H,17,20). The Morgan fingerprint density at radius 2 is 2.00 bits per heavy atom. The second-order valence-electron chi connectivity index (χ2n) is 4.71. The molecule has 1 amide bonds. The molecule has 5 nitrogen and oxygen atoms in total. The van der Waals surface area contributed by atoms with Crippen LogP contribution in [0.25, 0.3) is 0 Å². The van der Waals surface area contributed by atoms with Gasteiger partial charge in [-0.1, -0.05) is 30.3 Å². The van der Waals surface area contributed by atoms with Crippen molar-refractivity contribution in [2.75, 3.05) is 6.54 Å². The number of nitrogens with one attached hydrogen (secondary N) is 1. The highest BCUT2D eigenvalue weighted by Gasteiger charge is 2.24. The molecule has 1 aliphatic heterocycles. The summed E-state index contributed by atoms with van der Waals surface area (Å²) >= 11 is 3.23. The van der Waals surface area contributed by atoms with E-state index in [9.17, 15) is 9.59 Å². The summed E-state index contributed by atoms with van der Waals surface area (Å²) in [7, 11) is 0. The molecule has 108 valence electrons. The minimum atomic E-state index is -0.311. The van der Waals surface area contributed by atoms with Crippen LogP contribution in [-0.2, 0) is 13.2 Å². The second kappa shape index (κ2) is 5.73. The zero-order chi connectivity index (χ0) is 14.8. The lowest BCUT2D eigenvalue weighted by Crippen LogP contribution is -2.38. The lowest BCUT2D eigenvalue weighted by atomic mass is 10.2. The largest absolute Gasteiger partial charge is 0.483 e. The summed E-state index contributed by atoms with van der Waals surface area (Å²) in [5, 5.41) is 2.73. The van der Waals surface area contributed by atoms with Crippen molar-refractivity contribution in [3.8, 4) is 5.75 Å². The predicted octanol–water partition coefficient (Wildman–Crippen LogP) is 1.93. The quantitative estimate of drug-likeness (QED) is 0.921. The summed E-state index contributed by atoms with van der Waals surface area (Å²) in [5.74, 6) is -0.195. The predicted molar refractivity (Wildman–Crippen MR) is 81.5 cm³/mol. The van der Waals surface area contributed by atoms with Gasteiger partial charge in [0.05, 0.1) is 4.47 Å². The van der Waals surface area contributed by atoms with Crippen LogP contribution in [0.3, 0.4) is 0 Å². The van der Waals surface area contributed by atoms with Crippen molar-refractivity contribution in [3.63, 3.8) is 0 Å². The molecule has 0 fully saturated rings. The van der Waals surface area contributed by atoms with Gasteiger partial charge in [-0.05, 0) is 21.5 Å². The van der Waals surface area contributed by atoms with Crippen molar-refractivity contribution < 1.29 is 9.53 Å². The molecule has 2 aromatic rings. The van der Waals surface area contributed by atoms with Crippen LogP contribution in [0.15, 0.2) is 45.8 Å². The number of pyridine rings is 1. The minimum absolute atomic E-state index is 0.0884. The molecule has 0 radical (unpaired) electrons. The smallest absolute Gasteiger partial charge is 0.272 e. The van der Waals surface area contributed by atoms with Gasteiger partial charge in [-0.25, -0.2) is 0 Å². The average molecular weight is 349 g/mol. The van der Waals surface area contributed by atoms with Crippen LogP contribution in [0.5, 0.6) is 5.75 Å². The van der Waals surface area contributed by atoms with Gasteiger partial charge in [-0.3, -0.25) is 9.59 Å². The summed E-state index contributed by atoms with van der Waals surface area (Å²) in [5.41, 5.74) is 0.909. The summed E-state index contributed by atoms with van der Waals surface area (Å²) in [6, 6.07) is 9.51. The highest BCUT2D eigenvalue weighted by Crippen LogP contribution is 2.21. The van der Waals surface area contributed by atoms with Gasteiger partial charge >= 0.3 is 0 Å². The maximum atomic E-state index is 12.2. The van der Waals surface area contributed by atoms with Crippen LogP contribution in [0, 0.1) is 0 Å². The number of benzene rings is 1. The topological polar surface area (TPSA) is 60.3 Å². The first-order chi connectivity index (χ1) is 10.2. The van der Waals surface area contributed by atoms with Gasteiger partial charge in [0.15, 0.2) is 11.4 Å². The monoisotopic (exact) mass is 348 g/mol. The molecule has 0 unspecified atom stereocenters. The Labute approximate surface area is 129 Å². The van der Waals surface area contributed by atoms with E-state index in [4.69, 9.17) is 4.74 Å². The number of rotatable bonds is 3. The van der Waals surface area contributed by atoms with Crippen molar-refractivity contribution in [3.05, 3.63) is 62.5 Å². The number of carbonyl (C=O) groups excluding carboxylic acids is 1. The molecule has 21 heavy (non-hydrogen) atoms. The molecule has 1 aromatic carbocycles. The van der Waals surface area contributed by atoms with Crippen LogP contribution in [0.2, 0.25) is 0 Å². The van der Waals surface area contributed by atoms with Crippen LogP contribution < -0.4 is 15.5 Å². The van der Waals surface area contributed by atoms with Gasteiger partial charge < -0.3 is 14.6 Å². The first-order valence-corrected chi connectivity index (χ1v) is 7.34. The summed E-state index contributed by atoms with van der Waals surface area (Å²) < 4.78 is 7.78. The summed E-state index contributed by atoms with van der Waals surface area (Å²) in [6.45, 7) is 1.40. The Morgan fingerprint density at radius 3 is 2.76 bits per heavy atom. The van der Waals surface area contributed by atoms with E-state index in [0.717, 1.165) is 5.56 Å². The number of hydrogen-bond donors (Lipinski definition) is 1. The van der Waals surface area contributed by atoms with E-state index >= 15 is 0 Å². The molecule has 1 aliphatic rings. The maximum absolute atomic E-state index is 12.2. The molecule has 6 heteroatoms. The molecular formula is C15H13BrN2O3. The fourth-order valence-electron chi connectivity index (χ4n) is 2.25. The van der Waals surface area contributed by atoms with Crippen LogP contribution in [0.4, 0.5) is 0 Å². The number of nitrogens with zero attached hydrogens (tertiary/aromatic N) is 1. The third-order valence-electron chi connectivity index (χ3n) is 3.27. The third-order valence-corrected chi connectivity index (χ3v) is 3.84. The fourth-order valence-corrected chi connectivity index (χ4v) is 2.68. The number of aromatic nitrogens is 1. The fraction of sp³-hybridized carbons (Fsp3) is 0.200. The van der Waals surface area contributed by atoms with Gasteiger partial charge in [0.1, 0.15) is 6.61 Å². The molecule has 0 bridgehead atoms. The van der Waals surface area contributed by atoms with Crippen LogP contribution in [0.1, 0.15) is 16.1 Å². The number of hydrogen-bond acceptors (Lipinski definition) is 3. The average Bonchev–Trinajstić information content (AvgIpc) is 2.49. The van der Waals surface area contributed by atoms with E-state index in [1.54, 1.807) is 10.8 Å². The number of halogens is 1. The minimum Gasteiger partial charge on any atom is -0.483 e. The Hall–Kier alpha value is -2.08. The van der Waals surface area contributed by atoms with Crippen molar-refractivity contribution >= 4 is 21.8 Å². The molecule has 0 saturated carbocycles. The highest BCUT2D eigenvalue weighted by atomic mass is 79.9. The van der Waals surface area contributed by atoms with Gasteiger partial charge in [-0.15, -0.1) is 0 Å². The molecule has 1 aromatic heterocycles. The van der Waals surface area contributed by atoms with E-state index in [0.29, 0.717) is 17.6 Å². The first-order valence-electron chi connectivity index (χ1n) is 6.54. The normalized spacial score (nSPS) is 13.5. The summed E-state index contributed by atoms with van der Waals surface area (Å²) in [6.07, 6.45) is 1.63. The molecular weight excluding hydrogens is 336 g/mol. The number of carbonyl (C=O) groups is 1. The van der Waals surface area contributed by atoms with E-state index in [1.165, 1.54) is 0 Å². The first kappa shape index (κ1) is 13.9. The summed E-state index contributed by atoms with van der Waals surface area (Å²) in [4.78, 5) is 24.3. The lowest BCUT2D eigenvalue weighted by molar-refractivity contribution is 0.0919. The van der Waals surface area contributed by atoms with Gasteiger partial charge in [0, 0.05) is 19.3 Å². The van der Waals surface area contributed by atoms with Crippen LogP contribution >= 0.6 is 15.9 Å². The van der Waals surface area contributed by atoms with Crippen molar-refractivity contribution in [2.24, 2.45) is 0 Å². The third kappa shape index (κ3) is 2.71.